The normalized spacial score (nSPS) is 10.0. The van der Waals surface area contributed by atoms with Crippen molar-refractivity contribution in [3.05, 3.63) is 16.5 Å². The molecule has 1 aromatic heterocycles. The van der Waals surface area contributed by atoms with E-state index in [0.29, 0.717) is 16.9 Å². The van der Waals surface area contributed by atoms with E-state index in [2.05, 4.69) is 9.97 Å². The fourth-order valence-corrected chi connectivity index (χ4v) is 1.34. The number of nitrogens with zero attached hydrogens (tertiary/aromatic N) is 2. The highest BCUT2D eigenvalue weighted by atomic mass is 35.5. The van der Waals surface area contributed by atoms with Gasteiger partial charge in [0.2, 0.25) is 5.88 Å². The number of ether oxygens (including phenoxy) is 1. The van der Waals surface area contributed by atoms with Crippen LogP contribution in [0.1, 0.15) is 18.3 Å². The van der Waals surface area contributed by atoms with Gasteiger partial charge >= 0.3 is 0 Å². The molecule has 66 valence electrons. The van der Waals surface area contributed by atoms with Crippen molar-refractivity contribution in [3.63, 3.8) is 0 Å². The first-order chi connectivity index (χ1) is 5.69. The predicted molar refractivity (Wildman–Crippen MR) is 47.7 cm³/mol. The Morgan fingerprint density at radius 2 is 2.08 bits per heavy atom. The zero-order chi connectivity index (χ0) is 9.14. The Kier molecular flexibility index (Phi) is 2.87. The van der Waals surface area contributed by atoms with Gasteiger partial charge < -0.3 is 4.74 Å². The topological polar surface area (TPSA) is 35.0 Å². The van der Waals surface area contributed by atoms with Crippen molar-refractivity contribution < 1.29 is 4.74 Å². The minimum absolute atomic E-state index is 0.488. The first kappa shape index (κ1) is 9.26. The maximum atomic E-state index is 5.88. The summed E-state index contributed by atoms with van der Waals surface area (Å²) in [7, 11) is 1.58. The molecule has 0 aromatic carbocycles. The highest BCUT2D eigenvalue weighted by Crippen LogP contribution is 2.22. The van der Waals surface area contributed by atoms with E-state index in [-0.39, 0.29) is 0 Å². The number of methoxy groups -OCH3 is 1. The number of aromatic nitrogens is 2. The van der Waals surface area contributed by atoms with Crippen LogP contribution in [0.25, 0.3) is 0 Å². The van der Waals surface area contributed by atoms with Crippen LogP contribution in [-0.4, -0.2) is 17.1 Å². The molecular formula is C8H11ClN2O. The van der Waals surface area contributed by atoms with Crippen molar-refractivity contribution in [2.45, 2.75) is 20.3 Å². The van der Waals surface area contributed by atoms with Crippen molar-refractivity contribution in [1.29, 1.82) is 0 Å². The molecule has 0 spiro atoms. The molecule has 0 unspecified atom stereocenters. The lowest BCUT2D eigenvalue weighted by molar-refractivity contribution is 0.390. The van der Waals surface area contributed by atoms with Gasteiger partial charge in [-0.2, -0.15) is 4.98 Å². The van der Waals surface area contributed by atoms with Gasteiger partial charge in [-0.25, -0.2) is 4.98 Å². The third kappa shape index (κ3) is 1.67. The highest BCUT2D eigenvalue weighted by Gasteiger charge is 2.09. The molecule has 0 N–H and O–H groups in total. The Morgan fingerprint density at radius 3 is 2.58 bits per heavy atom. The molecule has 0 bridgehead atoms. The molecule has 0 radical (unpaired) electrons. The quantitative estimate of drug-likeness (QED) is 0.663. The Labute approximate surface area is 76.7 Å². The lowest BCUT2D eigenvalue weighted by atomic mass is 10.2. The van der Waals surface area contributed by atoms with E-state index in [1.807, 2.05) is 6.92 Å². The van der Waals surface area contributed by atoms with Gasteiger partial charge in [-0.1, -0.05) is 18.5 Å². The van der Waals surface area contributed by atoms with Crippen LogP contribution in [0.2, 0.25) is 5.15 Å². The Bertz CT molecular complexity index is 289. The zero-order valence-corrected chi connectivity index (χ0v) is 8.14. The monoisotopic (exact) mass is 186 g/mol. The van der Waals surface area contributed by atoms with Gasteiger partial charge in [-0.15, -0.1) is 0 Å². The maximum Gasteiger partial charge on any atom is 0.221 e. The summed E-state index contributed by atoms with van der Waals surface area (Å²) in [6.07, 6.45) is 0.780. The Balaban J connectivity index is 3.24. The van der Waals surface area contributed by atoms with Crippen molar-refractivity contribution in [2.75, 3.05) is 7.11 Å². The molecule has 12 heavy (non-hydrogen) atoms. The van der Waals surface area contributed by atoms with Crippen molar-refractivity contribution in [3.8, 4) is 5.88 Å². The molecule has 0 atom stereocenters. The smallest absolute Gasteiger partial charge is 0.221 e. The third-order valence-corrected chi connectivity index (χ3v) is 1.89. The molecule has 4 heteroatoms. The average molecular weight is 187 g/mol. The van der Waals surface area contributed by atoms with Gasteiger partial charge in [0, 0.05) is 0 Å². The zero-order valence-electron chi connectivity index (χ0n) is 7.39. The van der Waals surface area contributed by atoms with Gasteiger partial charge in [-0.05, 0) is 13.3 Å². The molecule has 0 aliphatic rings. The maximum absolute atomic E-state index is 5.88. The summed E-state index contributed by atoms with van der Waals surface area (Å²) in [5.41, 5.74) is 0.866. The van der Waals surface area contributed by atoms with Gasteiger partial charge in [0.1, 0.15) is 11.0 Å². The second-order valence-corrected chi connectivity index (χ2v) is 2.76. The van der Waals surface area contributed by atoms with Crippen LogP contribution in [0.4, 0.5) is 0 Å². The second-order valence-electron chi connectivity index (χ2n) is 2.40. The molecule has 3 nitrogen and oxygen atoms in total. The van der Waals surface area contributed by atoms with E-state index in [9.17, 15) is 0 Å². The summed E-state index contributed by atoms with van der Waals surface area (Å²) < 4.78 is 5.06. The first-order valence-corrected chi connectivity index (χ1v) is 4.13. The summed E-state index contributed by atoms with van der Waals surface area (Å²) in [5.74, 6) is 1.21. The van der Waals surface area contributed by atoms with Gasteiger partial charge in [0.25, 0.3) is 0 Å². The number of halogens is 1. The molecule has 0 amide bonds. The molecule has 0 aliphatic carbocycles. The predicted octanol–water partition coefficient (Wildman–Crippen LogP) is 2.01. The second kappa shape index (κ2) is 3.72. The SMILES string of the molecule is CCc1c(Cl)nc(C)nc1OC. The van der Waals surface area contributed by atoms with Crippen LogP contribution >= 0.6 is 11.6 Å². The molecular weight excluding hydrogens is 176 g/mol. The summed E-state index contributed by atoms with van der Waals surface area (Å²) in [5, 5.41) is 0.488. The van der Waals surface area contributed by atoms with Crippen LogP contribution in [0.3, 0.4) is 0 Å². The number of hydrogen-bond donors (Lipinski definition) is 0. The fourth-order valence-electron chi connectivity index (χ4n) is 1.00. The van der Waals surface area contributed by atoms with E-state index in [1.165, 1.54) is 0 Å². The van der Waals surface area contributed by atoms with Crippen LogP contribution in [0, 0.1) is 6.92 Å². The van der Waals surface area contributed by atoms with Crippen LogP contribution in [0.5, 0.6) is 5.88 Å². The van der Waals surface area contributed by atoms with E-state index in [1.54, 1.807) is 14.0 Å². The van der Waals surface area contributed by atoms with Crippen molar-refractivity contribution >= 4 is 11.6 Å². The summed E-state index contributed by atoms with van der Waals surface area (Å²) in [6.45, 7) is 3.77. The summed E-state index contributed by atoms with van der Waals surface area (Å²) in [6, 6.07) is 0. The number of rotatable bonds is 2. The van der Waals surface area contributed by atoms with E-state index in [0.717, 1.165) is 12.0 Å². The van der Waals surface area contributed by atoms with E-state index < -0.39 is 0 Å². The molecule has 1 aromatic rings. The molecule has 0 aliphatic heterocycles. The highest BCUT2D eigenvalue weighted by molar-refractivity contribution is 6.30. The number of hydrogen-bond acceptors (Lipinski definition) is 3. The van der Waals surface area contributed by atoms with E-state index in [4.69, 9.17) is 16.3 Å². The molecule has 0 fully saturated rings. The molecule has 0 saturated carbocycles. The minimum atomic E-state index is 0.488. The lowest BCUT2D eigenvalue weighted by Crippen LogP contribution is -1.99. The van der Waals surface area contributed by atoms with Gasteiger partial charge in [0.15, 0.2) is 0 Å². The third-order valence-electron chi connectivity index (χ3n) is 1.58. The average Bonchev–Trinajstić information content (AvgIpc) is 2.03. The van der Waals surface area contributed by atoms with Crippen LogP contribution < -0.4 is 4.74 Å². The summed E-state index contributed by atoms with van der Waals surface area (Å²) in [4.78, 5) is 8.13. The Hall–Kier alpha value is -0.830. The molecule has 1 heterocycles. The van der Waals surface area contributed by atoms with Crippen LogP contribution in [0.15, 0.2) is 0 Å². The standard InChI is InChI=1S/C8H11ClN2O/c1-4-6-7(9)10-5(2)11-8(6)12-3/h4H2,1-3H3. The van der Waals surface area contributed by atoms with Crippen molar-refractivity contribution in [1.82, 2.24) is 9.97 Å². The van der Waals surface area contributed by atoms with Crippen molar-refractivity contribution in [2.24, 2.45) is 0 Å². The molecule has 1 rings (SSSR count). The number of aryl methyl sites for hydroxylation is 1. The summed E-state index contributed by atoms with van der Waals surface area (Å²) >= 11 is 5.88. The largest absolute Gasteiger partial charge is 0.481 e. The van der Waals surface area contributed by atoms with Gasteiger partial charge in [-0.3, -0.25) is 0 Å². The van der Waals surface area contributed by atoms with Crippen LogP contribution in [-0.2, 0) is 6.42 Å². The molecule has 0 saturated heterocycles. The minimum Gasteiger partial charge on any atom is -0.481 e. The van der Waals surface area contributed by atoms with E-state index >= 15 is 0 Å². The fraction of sp³-hybridized carbons (Fsp3) is 0.500. The first-order valence-electron chi connectivity index (χ1n) is 3.76. The van der Waals surface area contributed by atoms with Gasteiger partial charge in [0.05, 0.1) is 12.7 Å². The lowest BCUT2D eigenvalue weighted by Gasteiger charge is -2.06. The Morgan fingerprint density at radius 1 is 1.42 bits per heavy atom.